The molecule has 0 saturated heterocycles. The number of aliphatic hydroxyl groups is 1. The molecule has 4 N–H and O–H groups in total. The van der Waals surface area contributed by atoms with E-state index in [0.717, 1.165) is 16.5 Å². The second kappa shape index (κ2) is 3.44. The molecule has 0 spiro atoms. The molecule has 3 heteroatoms. The Balaban J connectivity index is 2.66. The third-order valence-corrected chi connectivity index (χ3v) is 2.55. The molecule has 3 nitrogen and oxygen atoms in total. The fourth-order valence-corrected chi connectivity index (χ4v) is 1.74. The molecule has 2 rings (SSSR count). The van der Waals surface area contributed by atoms with Crippen molar-refractivity contribution in [2.45, 2.75) is 13.0 Å². The Hall–Kier alpha value is -1.32. The minimum Gasteiger partial charge on any atom is -0.387 e. The molecule has 1 heterocycles. The zero-order valence-corrected chi connectivity index (χ0v) is 8.12. The molecule has 0 bridgehead atoms. The van der Waals surface area contributed by atoms with Crippen LogP contribution in [0.15, 0.2) is 24.4 Å². The molecular weight excluding hydrogens is 176 g/mol. The summed E-state index contributed by atoms with van der Waals surface area (Å²) >= 11 is 0. The van der Waals surface area contributed by atoms with Crippen molar-refractivity contribution in [2.75, 3.05) is 6.54 Å². The summed E-state index contributed by atoms with van der Waals surface area (Å²) in [6.07, 6.45) is 1.30. The van der Waals surface area contributed by atoms with Crippen molar-refractivity contribution in [1.82, 2.24) is 4.98 Å². The molecule has 74 valence electrons. The van der Waals surface area contributed by atoms with Crippen LogP contribution >= 0.6 is 0 Å². The van der Waals surface area contributed by atoms with Crippen LogP contribution in [0, 0.1) is 6.92 Å². The molecule has 0 aliphatic rings. The number of aromatic amines is 1. The van der Waals surface area contributed by atoms with Gasteiger partial charge in [-0.1, -0.05) is 12.1 Å². The van der Waals surface area contributed by atoms with E-state index < -0.39 is 6.10 Å². The second-order valence-electron chi connectivity index (χ2n) is 3.49. The van der Waals surface area contributed by atoms with Gasteiger partial charge in [-0.2, -0.15) is 0 Å². The highest BCUT2D eigenvalue weighted by Crippen LogP contribution is 2.25. The first kappa shape index (κ1) is 9.24. The number of benzene rings is 1. The number of nitrogens with two attached hydrogens (primary N) is 1. The number of aromatic nitrogens is 1. The lowest BCUT2D eigenvalue weighted by molar-refractivity contribution is 0.188. The van der Waals surface area contributed by atoms with Gasteiger partial charge >= 0.3 is 0 Å². The summed E-state index contributed by atoms with van der Waals surface area (Å²) in [5, 5.41) is 10.8. The van der Waals surface area contributed by atoms with Crippen LogP contribution in [0.4, 0.5) is 0 Å². The Morgan fingerprint density at radius 2 is 2.21 bits per heavy atom. The van der Waals surface area contributed by atoms with Crippen molar-refractivity contribution >= 4 is 10.9 Å². The summed E-state index contributed by atoms with van der Waals surface area (Å²) in [4.78, 5) is 3.16. The highest BCUT2D eigenvalue weighted by molar-refractivity contribution is 5.86. The van der Waals surface area contributed by atoms with Crippen LogP contribution in [-0.2, 0) is 0 Å². The van der Waals surface area contributed by atoms with Crippen molar-refractivity contribution < 1.29 is 5.11 Å². The van der Waals surface area contributed by atoms with Crippen molar-refractivity contribution in [2.24, 2.45) is 5.73 Å². The minimum atomic E-state index is -0.575. The molecule has 0 radical (unpaired) electrons. The van der Waals surface area contributed by atoms with Gasteiger partial charge in [-0.25, -0.2) is 0 Å². The van der Waals surface area contributed by atoms with Crippen LogP contribution in [-0.4, -0.2) is 16.6 Å². The van der Waals surface area contributed by atoms with E-state index in [2.05, 4.69) is 4.98 Å². The summed E-state index contributed by atoms with van der Waals surface area (Å²) in [6, 6.07) is 5.90. The van der Waals surface area contributed by atoms with Crippen LogP contribution in [0.3, 0.4) is 0 Å². The van der Waals surface area contributed by atoms with Gasteiger partial charge < -0.3 is 15.8 Å². The molecule has 1 aromatic carbocycles. The Bertz CT molecular complexity index is 447. The zero-order valence-electron chi connectivity index (χ0n) is 8.12. The van der Waals surface area contributed by atoms with Gasteiger partial charge in [0.25, 0.3) is 0 Å². The quantitative estimate of drug-likeness (QED) is 0.671. The largest absolute Gasteiger partial charge is 0.387 e. The minimum absolute atomic E-state index is 0.253. The second-order valence-corrected chi connectivity index (χ2v) is 3.49. The molecular formula is C11H14N2O. The van der Waals surface area contributed by atoms with Gasteiger partial charge in [0.15, 0.2) is 0 Å². The Morgan fingerprint density at radius 1 is 1.43 bits per heavy atom. The number of rotatable bonds is 2. The third-order valence-electron chi connectivity index (χ3n) is 2.55. The van der Waals surface area contributed by atoms with E-state index in [4.69, 9.17) is 5.73 Å². The predicted molar refractivity (Wildman–Crippen MR) is 57.0 cm³/mol. The molecule has 1 aromatic heterocycles. The maximum atomic E-state index is 9.70. The summed E-state index contributed by atoms with van der Waals surface area (Å²) in [6.45, 7) is 2.29. The van der Waals surface area contributed by atoms with E-state index >= 15 is 0 Å². The number of fused-ring (bicyclic) bond motifs is 1. The highest BCUT2D eigenvalue weighted by atomic mass is 16.3. The lowest BCUT2D eigenvalue weighted by Gasteiger charge is -2.10. The van der Waals surface area contributed by atoms with E-state index in [9.17, 15) is 5.11 Å². The average Bonchev–Trinajstić information content (AvgIpc) is 2.67. The van der Waals surface area contributed by atoms with Crippen molar-refractivity contribution in [1.29, 1.82) is 0 Å². The SMILES string of the molecule is Cc1ccc(C(O)CN)c2cc[nH]c12. The fraction of sp³-hybridized carbons (Fsp3) is 0.273. The number of nitrogens with one attached hydrogen (secondary N) is 1. The Labute approximate surface area is 82.6 Å². The number of hydrogen-bond donors (Lipinski definition) is 3. The van der Waals surface area contributed by atoms with Crippen molar-refractivity contribution in [3.8, 4) is 0 Å². The summed E-state index contributed by atoms with van der Waals surface area (Å²) < 4.78 is 0. The van der Waals surface area contributed by atoms with Crippen LogP contribution in [0.1, 0.15) is 17.2 Å². The monoisotopic (exact) mass is 190 g/mol. The molecule has 0 aliphatic heterocycles. The topological polar surface area (TPSA) is 62.0 Å². The van der Waals surface area contributed by atoms with E-state index in [1.807, 2.05) is 31.3 Å². The normalized spacial score (nSPS) is 13.4. The molecule has 2 aromatic rings. The number of aryl methyl sites for hydroxylation is 1. The number of H-pyrrole nitrogens is 1. The van der Waals surface area contributed by atoms with E-state index in [1.54, 1.807) is 0 Å². The molecule has 0 saturated carbocycles. The van der Waals surface area contributed by atoms with Crippen LogP contribution in [0.25, 0.3) is 10.9 Å². The first-order valence-electron chi connectivity index (χ1n) is 4.68. The maximum Gasteiger partial charge on any atom is 0.0918 e. The molecule has 14 heavy (non-hydrogen) atoms. The van der Waals surface area contributed by atoms with Gasteiger partial charge in [0.05, 0.1) is 6.10 Å². The average molecular weight is 190 g/mol. The summed E-state index contributed by atoms with van der Waals surface area (Å²) in [5.41, 5.74) is 8.60. The maximum absolute atomic E-state index is 9.70. The number of aliphatic hydroxyl groups excluding tert-OH is 1. The Kier molecular flexibility index (Phi) is 2.27. The summed E-state index contributed by atoms with van der Waals surface area (Å²) in [7, 11) is 0. The molecule has 1 atom stereocenters. The standard InChI is InChI=1S/C11H14N2O/c1-7-2-3-8(10(14)6-12)9-4-5-13-11(7)9/h2-5,10,13-14H,6,12H2,1H3. The predicted octanol–water partition coefficient (Wildman–Crippen LogP) is 1.47. The van der Waals surface area contributed by atoms with E-state index in [1.165, 1.54) is 5.56 Å². The molecule has 0 amide bonds. The van der Waals surface area contributed by atoms with Crippen LogP contribution in [0.2, 0.25) is 0 Å². The van der Waals surface area contributed by atoms with Crippen LogP contribution < -0.4 is 5.73 Å². The summed E-state index contributed by atoms with van der Waals surface area (Å²) in [5.74, 6) is 0. The lowest BCUT2D eigenvalue weighted by Crippen LogP contribution is -2.11. The van der Waals surface area contributed by atoms with Gasteiger partial charge in [0.2, 0.25) is 0 Å². The highest BCUT2D eigenvalue weighted by Gasteiger charge is 2.10. The van der Waals surface area contributed by atoms with E-state index in [-0.39, 0.29) is 6.54 Å². The van der Waals surface area contributed by atoms with Crippen LogP contribution in [0.5, 0.6) is 0 Å². The van der Waals surface area contributed by atoms with Crippen molar-refractivity contribution in [3.63, 3.8) is 0 Å². The Morgan fingerprint density at radius 3 is 2.93 bits per heavy atom. The molecule has 0 aliphatic carbocycles. The van der Waals surface area contributed by atoms with Crippen molar-refractivity contribution in [3.05, 3.63) is 35.5 Å². The van der Waals surface area contributed by atoms with Gasteiger partial charge in [0.1, 0.15) is 0 Å². The third kappa shape index (κ3) is 1.31. The first-order valence-corrected chi connectivity index (χ1v) is 4.68. The first-order chi connectivity index (χ1) is 6.74. The molecule has 1 unspecified atom stereocenters. The zero-order chi connectivity index (χ0) is 10.1. The molecule has 0 fully saturated rings. The van der Waals surface area contributed by atoms with Gasteiger partial charge in [0, 0.05) is 23.6 Å². The van der Waals surface area contributed by atoms with Gasteiger partial charge in [-0.3, -0.25) is 0 Å². The van der Waals surface area contributed by atoms with Gasteiger partial charge in [-0.15, -0.1) is 0 Å². The number of hydrogen-bond acceptors (Lipinski definition) is 2. The lowest BCUT2D eigenvalue weighted by atomic mass is 10.0. The van der Waals surface area contributed by atoms with E-state index in [0.29, 0.717) is 0 Å². The van der Waals surface area contributed by atoms with Gasteiger partial charge in [-0.05, 0) is 24.1 Å². The fourth-order valence-electron chi connectivity index (χ4n) is 1.74. The smallest absolute Gasteiger partial charge is 0.0918 e.